The number of pyridine rings is 1. The highest BCUT2D eigenvalue weighted by Gasteiger charge is 2.48. The van der Waals surface area contributed by atoms with Crippen LogP contribution in [0.2, 0.25) is 0 Å². The summed E-state index contributed by atoms with van der Waals surface area (Å²) < 4.78 is 1.95. The van der Waals surface area contributed by atoms with E-state index in [1.165, 1.54) is 0 Å². The zero-order valence-corrected chi connectivity index (χ0v) is 18.1. The number of para-hydroxylation sites is 2. The third-order valence-electron chi connectivity index (χ3n) is 6.69. The van der Waals surface area contributed by atoms with E-state index in [2.05, 4.69) is 0 Å². The van der Waals surface area contributed by atoms with Gasteiger partial charge in [0.05, 0.1) is 29.6 Å². The first-order valence-corrected chi connectivity index (χ1v) is 11.1. The maximum atomic E-state index is 12.5. The summed E-state index contributed by atoms with van der Waals surface area (Å²) in [4.78, 5) is 4.89. The van der Waals surface area contributed by atoms with Crippen molar-refractivity contribution in [2.24, 2.45) is 0 Å². The topological polar surface area (TPSA) is 95.1 Å². The second-order valence-corrected chi connectivity index (χ2v) is 8.59. The van der Waals surface area contributed by atoms with E-state index < -0.39 is 11.7 Å². The summed E-state index contributed by atoms with van der Waals surface area (Å²) in [7, 11) is 1.89. The summed E-state index contributed by atoms with van der Waals surface area (Å²) >= 11 is 0. The van der Waals surface area contributed by atoms with Gasteiger partial charge >= 0.3 is 0 Å². The number of hydrogen-bond donors (Lipinski definition) is 4. The minimum atomic E-state index is -1.65. The van der Waals surface area contributed by atoms with Crippen LogP contribution in [0.15, 0.2) is 79.0 Å². The van der Waals surface area contributed by atoms with E-state index in [9.17, 15) is 15.3 Å². The molecule has 33 heavy (non-hydrogen) atoms. The lowest BCUT2D eigenvalue weighted by Crippen LogP contribution is -2.80. The fraction of sp³-hybridized carbons (Fsp3) is 0.148. The molecule has 6 heteroatoms. The first-order valence-electron chi connectivity index (χ1n) is 11.1. The molecule has 164 valence electrons. The molecule has 6 nitrogen and oxygen atoms in total. The quantitative estimate of drug-likeness (QED) is 0.347. The minimum Gasteiger partial charge on any atom is -0.508 e. The highest BCUT2D eigenvalue weighted by Crippen LogP contribution is 2.52. The fourth-order valence-corrected chi connectivity index (χ4v) is 5.14. The molecule has 0 aliphatic carbocycles. The van der Waals surface area contributed by atoms with Gasteiger partial charge in [0, 0.05) is 28.3 Å². The van der Waals surface area contributed by atoms with Crippen LogP contribution in [-0.2, 0) is 5.60 Å². The molecule has 0 fully saturated rings. The van der Waals surface area contributed by atoms with Crippen LogP contribution in [0.25, 0.3) is 27.8 Å². The highest BCUT2D eigenvalue weighted by molar-refractivity contribution is 5.98. The van der Waals surface area contributed by atoms with Gasteiger partial charge in [-0.1, -0.05) is 42.5 Å². The van der Waals surface area contributed by atoms with Crippen molar-refractivity contribution in [1.29, 1.82) is 0 Å². The Bertz CT molecular complexity index is 1490. The lowest BCUT2D eigenvalue weighted by atomic mass is 9.82. The van der Waals surface area contributed by atoms with Crippen LogP contribution in [0, 0.1) is 0 Å². The standard InChI is InChI=1S/C27H23N3O3/c1-28-15-24(32)16-10-11-23(31)20(14-16)27(33)19-7-3-5-9-22(19)30-13-12-18-17-6-2-4-8-21(17)29-25(18)26(27)30/h2-14,24,28,31-33H,15H2,1H3/p+1. The Morgan fingerprint density at radius 2 is 1.79 bits per heavy atom. The van der Waals surface area contributed by atoms with Crippen molar-refractivity contribution in [3.63, 3.8) is 0 Å². The molecule has 5 N–H and O–H groups in total. The Labute approximate surface area is 190 Å². The first kappa shape index (κ1) is 19.9. The van der Waals surface area contributed by atoms with Crippen LogP contribution < -0.4 is 5.32 Å². The normalized spacial score (nSPS) is 17.9. The minimum absolute atomic E-state index is 0.0368. The van der Waals surface area contributed by atoms with Crippen LogP contribution >= 0.6 is 0 Å². The molecule has 0 bridgehead atoms. The average Bonchev–Trinajstić information content (AvgIpc) is 3.33. The van der Waals surface area contributed by atoms with Crippen LogP contribution in [0.5, 0.6) is 5.75 Å². The van der Waals surface area contributed by atoms with E-state index in [1.807, 2.05) is 77.7 Å². The van der Waals surface area contributed by atoms with Crippen molar-refractivity contribution in [3.8, 4) is 22.7 Å². The highest BCUT2D eigenvalue weighted by atomic mass is 16.3. The molecule has 0 aromatic heterocycles. The third-order valence-corrected chi connectivity index (χ3v) is 6.69. The molecule has 3 aliphatic heterocycles. The lowest BCUT2D eigenvalue weighted by molar-refractivity contribution is -0.634. The molecule has 0 amide bonds. The van der Waals surface area contributed by atoms with Crippen molar-refractivity contribution in [3.05, 3.63) is 101 Å². The molecule has 2 atom stereocenters. The largest absolute Gasteiger partial charge is 0.508 e. The number of aromatic nitrogens is 2. The number of benzene rings is 3. The third kappa shape index (κ3) is 2.69. The van der Waals surface area contributed by atoms with Gasteiger partial charge in [-0.25, -0.2) is 4.98 Å². The molecule has 3 aliphatic rings. The van der Waals surface area contributed by atoms with Gasteiger partial charge in [0.25, 0.3) is 0 Å². The summed E-state index contributed by atoms with van der Waals surface area (Å²) in [5.41, 5.74) is 3.87. The fourth-order valence-electron chi connectivity index (χ4n) is 5.14. The van der Waals surface area contributed by atoms with E-state index in [1.54, 1.807) is 18.2 Å². The molecule has 2 unspecified atom stereocenters. The number of hydrogen-bond acceptors (Lipinski definition) is 4. The van der Waals surface area contributed by atoms with Gasteiger partial charge in [0.15, 0.2) is 5.60 Å². The van der Waals surface area contributed by atoms with Crippen molar-refractivity contribution < 1.29 is 20.6 Å². The number of aliphatic hydroxyl groups excluding tert-OH is 1. The van der Waals surface area contributed by atoms with Crippen LogP contribution in [0.4, 0.5) is 0 Å². The average molecular weight is 439 g/mol. The number of phenols is 1. The van der Waals surface area contributed by atoms with Gasteiger partial charge in [-0.15, -0.1) is 0 Å². The molecular formula is C27H24N3O3+. The van der Waals surface area contributed by atoms with E-state index in [0.29, 0.717) is 34.6 Å². The molecule has 6 rings (SSSR count). The SMILES string of the molecule is C[NH2+]CC(O)c1ccc(O)c(C2(O)c3ccccc3-n3ccc4c5ccccc5nc-4c32)c1. The summed E-state index contributed by atoms with van der Waals surface area (Å²) in [6, 6.07) is 22.5. The number of likely N-dealkylation sites (N-methyl/N-ethyl adjacent to an activating group) is 1. The molecule has 3 heterocycles. The van der Waals surface area contributed by atoms with Crippen LogP contribution in [0.1, 0.15) is 28.5 Å². The number of rotatable bonds is 4. The number of aromatic hydroxyl groups is 1. The maximum absolute atomic E-state index is 12.5. The summed E-state index contributed by atoms with van der Waals surface area (Å²) in [5, 5.41) is 37.0. The number of quaternary nitrogens is 1. The number of nitrogens with zero attached hydrogens (tertiary/aromatic N) is 2. The van der Waals surface area contributed by atoms with Gasteiger partial charge in [-0.3, -0.25) is 0 Å². The maximum Gasteiger partial charge on any atom is 0.163 e. The van der Waals surface area contributed by atoms with Crippen LogP contribution in [0.3, 0.4) is 0 Å². The zero-order chi connectivity index (χ0) is 22.7. The number of aliphatic hydroxyl groups is 2. The van der Waals surface area contributed by atoms with Gasteiger partial charge < -0.3 is 25.2 Å². The lowest BCUT2D eigenvalue weighted by Gasteiger charge is -2.28. The summed E-state index contributed by atoms with van der Waals surface area (Å²) in [6.07, 6.45) is 1.22. The van der Waals surface area contributed by atoms with Gasteiger partial charge in [-0.05, 0) is 35.9 Å². The Morgan fingerprint density at radius 1 is 1.00 bits per heavy atom. The van der Waals surface area contributed by atoms with E-state index in [0.717, 1.165) is 22.2 Å². The van der Waals surface area contributed by atoms with E-state index in [-0.39, 0.29) is 5.75 Å². The Kier molecular flexibility index (Phi) is 4.32. The second kappa shape index (κ2) is 7.15. The first-order chi connectivity index (χ1) is 16.0. The van der Waals surface area contributed by atoms with Crippen molar-refractivity contribution >= 4 is 10.9 Å². The summed E-state index contributed by atoms with van der Waals surface area (Å²) in [5.74, 6) is -0.0368. The van der Waals surface area contributed by atoms with Crippen molar-refractivity contribution in [2.75, 3.05) is 13.6 Å². The molecule has 0 saturated carbocycles. The number of phenolic OH excluding ortho intramolecular Hbond substituents is 1. The Morgan fingerprint density at radius 3 is 2.64 bits per heavy atom. The second-order valence-electron chi connectivity index (χ2n) is 8.59. The van der Waals surface area contributed by atoms with Gasteiger partial charge in [0.2, 0.25) is 0 Å². The molecule has 3 aromatic carbocycles. The van der Waals surface area contributed by atoms with Gasteiger partial charge in [0.1, 0.15) is 18.4 Å². The van der Waals surface area contributed by atoms with E-state index >= 15 is 0 Å². The van der Waals surface area contributed by atoms with Gasteiger partial charge in [-0.2, -0.15) is 0 Å². The summed E-state index contributed by atoms with van der Waals surface area (Å²) in [6.45, 7) is 0.477. The Balaban J connectivity index is 1.69. The molecular weight excluding hydrogens is 414 g/mol. The predicted octanol–water partition coefficient (Wildman–Crippen LogP) is 2.66. The molecule has 0 radical (unpaired) electrons. The number of nitrogens with two attached hydrogens (primary N) is 1. The number of fused-ring (bicyclic) bond motifs is 7. The smallest absolute Gasteiger partial charge is 0.163 e. The monoisotopic (exact) mass is 438 g/mol. The van der Waals surface area contributed by atoms with Crippen LogP contribution in [-0.4, -0.2) is 38.5 Å². The zero-order valence-electron chi connectivity index (χ0n) is 18.1. The molecule has 0 saturated heterocycles. The molecule has 0 spiro atoms. The predicted molar refractivity (Wildman–Crippen MR) is 126 cm³/mol. The van der Waals surface area contributed by atoms with Crippen molar-refractivity contribution in [1.82, 2.24) is 9.55 Å². The molecule has 3 aromatic rings. The van der Waals surface area contributed by atoms with Crippen molar-refractivity contribution in [2.45, 2.75) is 11.7 Å². The van der Waals surface area contributed by atoms with E-state index in [4.69, 9.17) is 4.98 Å². The Hall–Kier alpha value is -3.71.